The molecular formula is C19H17F3N4O7S. The lowest BCUT2D eigenvalue weighted by Crippen LogP contribution is -2.23. The minimum Gasteiger partial charge on any atom is -0.609 e. The van der Waals surface area contributed by atoms with E-state index in [1.165, 1.54) is 25.3 Å². The van der Waals surface area contributed by atoms with E-state index < -0.39 is 48.4 Å². The van der Waals surface area contributed by atoms with Crippen molar-refractivity contribution in [2.75, 3.05) is 19.8 Å². The molecule has 0 radical (unpaired) electrons. The van der Waals surface area contributed by atoms with E-state index in [4.69, 9.17) is 9.47 Å². The molecule has 1 atom stereocenters. The fourth-order valence-electron chi connectivity index (χ4n) is 2.85. The summed E-state index contributed by atoms with van der Waals surface area (Å²) in [5.41, 5.74) is 1.04. The number of hydrogen-bond acceptors (Lipinski definition) is 9. The molecule has 11 nitrogen and oxygen atoms in total. The third-order valence-corrected chi connectivity index (χ3v) is 5.56. The van der Waals surface area contributed by atoms with Gasteiger partial charge in [0.1, 0.15) is 19.0 Å². The molecule has 2 aromatic heterocycles. The second-order valence-electron chi connectivity index (χ2n) is 6.66. The third-order valence-electron chi connectivity index (χ3n) is 4.34. The number of nitrogens with zero attached hydrogens (tertiary/aromatic N) is 4. The Morgan fingerprint density at radius 2 is 1.97 bits per heavy atom. The SMILES string of the molecule is Cc1c(OCC(F)(F)F)ccnc1C[S+]([O-])c1nc2ccccc2n1C(=O)OCCO[N+](=O)[O-]. The van der Waals surface area contributed by atoms with Crippen LogP contribution in [0.2, 0.25) is 0 Å². The predicted molar refractivity (Wildman–Crippen MR) is 110 cm³/mol. The van der Waals surface area contributed by atoms with Gasteiger partial charge in [0.2, 0.25) is 0 Å². The molecule has 0 saturated carbocycles. The first kappa shape index (κ1) is 25.0. The Balaban J connectivity index is 1.84. The number of para-hydroxylation sites is 2. The number of rotatable bonds is 9. The van der Waals surface area contributed by atoms with Crippen molar-refractivity contribution in [2.24, 2.45) is 0 Å². The number of carbonyl (C=O) groups is 1. The van der Waals surface area contributed by atoms with Gasteiger partial charge in [0.25, 0.3) is 5.09 Å². The molecule has 34 heavy (non-hydrogen) atoms. The second-order valence-corrected chi connectivity index (χ2v) is 8.01. The molecule has 182 valence electrons. The van der Waals surface area contributed by atoms with Gasteiger partial charge in [-0.25, -0.2) is 4.79 Å². The Labute approximate surface area is 192 Å². The van der Waals surface area contributed by atoms with Crippen LogP contribution in [0.25, 0.3) is 11.0 Å². The van der Waals surface area contributed by atoms with Crippen LogP contribution in [0.5, 0.6) is 5.75 Å². The molecule has 0 aliphatic heterocycles. The molecule has 0 fully saturated rings. The summed E-state index contributed by atoms with van der Waals surface area (Å²) >= 11 is -1.98. The maximum absolute atomic E-state index is 13.2. The molecule has 1 unspecified atom stereocenters. The average Bonchev–Trinajstić information content (AvgIpc) is 3.16. The number of benzene rings is 1. The lowest BCUT2D eigenvalue weighted by Gasteiger charge is -2.15. The molecule has 0 saturated heterocycles. The minimum absolute atomic E-state index is 0.0713. The predicted octanol–water partition coefficient (Wildman–Crippen LogP) is 3.18. The Bertz CT molecular complexity index is 1190. The highest BCUT2D eigenvalue weighted by atomic mass is 32.2. The summed E-state index contributed by atoms with van der Waals surface area (Å²) in [5.74, 6) is -0.353. The summed E-state index contributed by atoms with van der Waals surface area (Å²) < 4.78 is 61.3. The number of alkyl halides is 3. The van der Waals surface area contributed by atoms with Crippen LogP contribution >= 0.6 is 0 Å². The number of imidazole rings is 1. The first-order valence-corrected chi connectivity index (χ1v) is 10.8. The molecule has 0 spiro atoms. The lowest BCUT2D eigenvalue weighted by molar-refractivity contribution is -0.757. The summed E-state index contributed by atoms with van der Waals surface area (Å²) in [5, 5.41) is 8.99. The summed E-state index contributed by atoms with van der Waals surface area (Å²) in [6.45, 7) is -0.977. The average molecular weight is 502 g/mol. The van der Waals surface area contributed by atoms with Crippen LogP contribution in [0.4, 0.5) is 18.0 Å². The van der Waals surface area contributed by atoms with Gasteiger partial charge >= 0.3 is 17.4 Å². The topological polar surface area (TPSA) is 142 Å². The summed E-state index contributed by atoms with van der Waals surface area (Å²) in [7, 11) is 0. The molecule has 0 N–H and O–H groups in total. The Kier molecular flexibility index (Phi) is 7.78. The molecule has 0 amide bonds. The molecule has 15 heteroatoms. The van der Waals surface area contributed by atoms with Crippen LogP contribution in [-0.4, -0.2) is 56.3 Å². The minimum atomic E-state index is -4.53. The summed E-state index contributed by atoms with van der Waals surface area (Å²) in [6.07, 6.45) is -4.30. The van der Waals surface area contributed by atoms with Crippen LogP contribution in [0, 0.1) is 17.0 Å². The van der Waals surface area contributed by atoms with Crippen LogP contribution in [0.1, 0.15) is 11.3 Å². The number of hydrogen-bond donors (Lipinski definition) is 0. The van der Waals surface area contributed by atoms with Crippen molar-refractivity contribution in [2.45, 2.75) is 24.0 Å². The summed E-state index contributed by atoms with van der Waals surface area (Å²) in [4.78, 5) is 35.2. The largest absolute Gasteiger partial charge is 0.609 e. The molecule has 0 aliphatic rings. The van der Waals surface area contributed by atoms with Gasteiger partial charge in [0.05, 0.1) is 16.7 Å². The van der Waals surface area contributed by atoms with Gasteiger partial charge in [-0.2, -0.15) is 22.7 Å². The highest BCUT2D eigenvalue weighted by Gasteiger charge is 2.30. The van der Waals surface area contributed by atoms with Crippen molar-refractivity contribution in [3.63, 3.8) is 0 Å². The number of carbonyl (C=O) groups excluding carboxylic acids is 1. The van der Waals surface area contributed by atoms with Crippen molar-refractivity contribution in [1.29, 1.82) is 0 Å². The van der Waals surface area contributed by atoms with Crippen molar-refractivity contribution in [3.05, 3.63) is 57.9 Å². The van der Waals surface area contributed by atoms with Crippen LogP contribution in [0.3, 0.4) is 0 Å². The summed E-state index contributed by atoms with van der Waals surface area (Å²) in [6, 6.07) is 7.63. The van der Waals surface area contributed by atoms with E-state index in [9.17, 15) is 32.6 Å². The van der Waals surface area contributed by atoms with Crippen LogP contribution < -0.4 is 4.74 Å². The number of ether oxygens (including phenoxy) is 2. The van der Waals surface area contributed by atoms with Gasteiger partial charge in [0.15, 0.2) is 12.4 Å². The fraction of sp³-hybridized carbons (Fsp3) is 0.316. The highest BCUT2D eigenvalue weighted by molar-refractivity contribution is 7.90. The smallest absolute Gasteiger partial charge is 0.423 e. The van der Waals surface area contributed by atoms with Gasteiger partial charge in [-0.15, -0.1) is 10.1 Å². The normalized spacial score (nSPS) is 12.4. The van der Waals surface area contributed by atoms with E-state index in [1.807, 2.05) is 0 Å². The Morgan fingerprint density at radius 3 is 2.68 bits per heavy atom. The zero-order valence-corrected chi connectivity index (χ0v) is 18.3. The number of halogens is 3. The van der Waals surface area contributed by atoms with Crippen molar-refractivity contribution < 1.29 is 41.9 Å². The standard InChI is InChI=1S/C19H17F3N4O7S/c1-12-14(23-7-6-16(12)32-11-19(20,21)22)10-34(30)17-24-13-4-2-3-5-15(13)25(17)18(27)31-8-9-33-26(28)29/h2-7H,8-11H2,1H3. The molecular weight excluding hydrogens is 485 g/mol. The Morgan fingerprint density at radius 1 is 1.24 bits per heavy atom. The van der Waals surface area contributed by atoms with E-state index in [-0.39, 0.29) is 33.4 Å². The van der Waals surface area contributed by atoms with E-state index in [0.29, 0.717) is 5.52 Å². The van der Waals surface area contributed by atoms with E-state index in [2.05, 4.69) is 14.8 Å². The van der Waals surface area contributed by atoms with Gasteiger partial charge in [0, 0.05) is 22.9 Å². The zero-order chi connectivity index (χ0) is 24.9. The monoisotopic (exact) mass is 502 g/mol. The van der Waals surface area contributed by atoms with Gasteiger partial charge in [-0.1, -0.05) is 12.1 Å². The first-order chi connectivity index (χ1) is 16.1. The molecule has 3 aromatic rings. The van der Waals surface area contributed by atoms with Crippen LogP contribution in [-0.2, 0) is 26.5 Å². The molecule has 0 aliphatic carbocycles. The molecule has 2 heterocycles. The molecule has 3 rings (SSSR count). The fourth-order valence-corrected chi connectivity index (χ4v) is 4.09. The molecule has 1 aromatic carbocycles. The highest BCUT2D eigenvalue weighted by Crippen LogP contribution is 2.27. The number of aromatic nitrogens is 3. The third kappa shape index (κ3) is 6.26. The van der Waals surface area contributed by atoms with Crippen molar-refractivity contribution >= 4 is 28.3 Å². The quantitative estimate of drug-likeness (QED) is 0.187. The van der Waals surface area contributed by atoms with E-state index in [1.54, 1.807) is 18.2 Å². The van der Waals surface area contributed by atoms with Crippen molar-refractivity contribution in [1.82, 2.24) is 14.5 Å². The van der Waals surface area contributed by atoms with Gasteiger partial charge < -0.3 is 18.9 Å². The van der Waals surface area contributed by atoms with E-state index >= 15 is 0 Å². The Hall–Kier alpha value is -3.59. The number of pyridine rings is 1. The van der Waals surface area contributed by atoms with Crippen molar-refractivity contribution in [3.8, 4) is 5.75 Å². The van der Waals surface area contributed by atoms with Crippen LogP contribution in [0.15, 0.2) is 41.7 Å². The number of fused-ring (bicyclic) bond motifs is 1. The van der Waals surface area contributed by atoms with E-state index in [0.717, 1.165) is 4.57 Å². The lowest BCUT2D eigenvalue weighted by atomic mass is 10.2. The zero-order valence-electron chi connectivity index (χ0n) is 17.5. The first-order valence-electron chi connectivity index (χ1n) is 9.51. The van der Waals surface area contributed by atoms with Gasteiger partial charge in [-0.05, 0) is 25.1 Å². The second kappa shape index (κ2) is 10.6. The molecule has 0 bridgehead atoms. The van der Waals surface area contributed by atoms with Gasteiger partial charge in [-0.3, -0.25) is 4.98 Å². The maximum Gasteiger partial charge on any atom is 0.423 e. The maximum atomic E-state index is 13.2.